The molecule has 0 fully saturated rings. The standard InChI is InChI=1S/C22H21N3O2S/c1-15-13-23-22-25(21(15)27)18(14-28-22)12-19(26)24-20(16-8-4-2-5-9-16)17-10-6-3-7-11-17/h2-11,13,18,20H,12,14H2,1H3,(H,24,26). The van der Waals surface area contributed by atoms with Crippen molar-refractivity contribution in [2.45, 2.75) is 30.6 Å². The third-order valence-electron chi connectivity index (χ3n) is 4.89. The zero-order valence-corrected chi connectivity index (χ0v) is 16.4. The van der Waals surface area contributed by atoms with Crippen molar-refractivity contribution in [3.05, 3.63) is 93.9 Å². The van der Waals surface area contributed by atoms with Crippen LogP contribution in [0.3, 0.4) is 0 Å². The minimum Gasteiger partial charge on any atom is -0.345 e. The third-order valence-corrected chi connectivity index (χ3v) is 6.00. The molecule has 28 heavy (non-hydrogen) atoms. The van der Waals surface area contributed by atoms with Gasteiger partial charge in [-0.1, -0.05) is 72.4 Å². The van der Waals surface area contributed by atoms with E-state index in [1.807, 2.05) is 60.7 Å². The smallest absolute Gasteiger partial charge is 0.257 e. The summed E-state index contributed by atoms with van der Waals surface area (Å²) in [7, 11) is 0. The van der Waals surface area contributed by atoms with Gasteiger partial charge in [-0.3, -0.25) is 14.2 Å². The molecule has 1 unspecified atom stereocenters. The molecule has 1 aromatic heterocycles. The molecule has 3 aromatic rings. The molecule has 1 atom stereocenters. The molecule has 0 saturated heterocycles. The highest BCUT2D eigenvalue weighted by Crippen LogP contribution is 2.32. The SMILES string of the molecule is Cc1cnc2n(c1=O)C(CC(=O)NC(c1ccccc1)c1ccccc1)CS2. The van der Waals surface area contributed by atoms with E-state index >= 15 is 0 Å². The van der Waals surface area contributed by atoms with E-state index in [1.165, 1.54) is 11.8 Å². The number of rotatable bonds is 5. The molecule has 6 heteroatoms. The summed E-state index contributed by atoms with van der Waals surface area (Å²) < 4.78 is 1.67. The topological polar surface area (TPSA) is 64.0 Å². The Morgan fingerprint density at radius 1 is 1.14 bits per heavy atom. The predicted molar refractivity (Wildman–Crippen MR) is 110 cm³/mol. The Morgan fingerprint density at radius 3 is 2.36 bits per heavy atom. The molecule has 142 valence electrons. The Bertz CT molecular complexity index is 995. The van der Waals surface area contributed by atoms with Crippen LogP contribution in [0.4, 0.5) is 0 Å². The summed E-state index contributed by atoms with van der Waals surface area (Å²) in [6, 6.07) is 19.4. The molecule has 0 radical (unpaired) electrons. The normalized spacial score (nSPS) is 15.4. The van der Waals surface area contributed by atoms with Gasteiger partial charge in [0.05, 0.1) is 12.1 Å². The summed E-state index contributed by atoms with van der Waals surface area (Å²) in [6.45, 7) is 1.75. The molecule has 1 amide bonds. The van der Waals surface area contributed by atoms with E-state index in [-0.39, 0.29) is 30.0 Å². The van der Waals surface area contributed by atoms with Gasteiger partial charge in [-0.05, 0) is 18.1 Å². The number of nitrogens with zero attached hydrogens (tertiary/aromatic N) is 2. The highest BCUT2D eigenvalue weighted by atomic mass is 32.2. The van der Waals surface area contributed by atoms with Gasteiger partial charge in [-0.15, -0.1) is 0 Å². The number of hydrogen-bond donors (Lipinski definition) is 1. The van der Waals surface area contributed by atoms with Crippen LogP contribution in [0, 0.1) is 6.92 Å². The van der Waals surface area contributed by atoms with Crippen molar-refractivity contribution in [3.63, 3.8) is 0 Å². The van der Waals surface area contributed by atoms with Gasteiger partial charge in [0.2, 0.25) is 5.91 Å². The largest absolute Gasteiger partial charge is 0.345 e. The second-order valence-corrected chi connectivity index (χ2v) is 7.88. The summed E-state index contributed by atoms with van der Waals surface area (Å²) >= 11 is 1.52. The van der Waals surface area contributed by atoms with Crippen LogP contribution in [-0.4, -0.2) is 21.2 Å². The van der Waals surface area contributed by atoms with Gasteiger partial charge in [0, 0.05) is 23.9 Å². The first-order valence-corrected chi connectivity index (χ1v) is 10.2. The summed E-state index contributed by atoms with van der Waals surface area (Å²) in [5.74, 6) is 0.602. The van der Waals surface area contributed by atoms with E-state index in [2.05, 4.69) is 10.3 Å². The quantitative estimate of drug-likeness (QED) is 0.676. The van der Waals surface area contributed by atoms with E-state index in [9.17, 15) is 9.59 Å². The molecule has 2 aromatic carbocycles. The van der Waals surface area contributed by atoms with Crippen LogP contribution in [0.25, 0.3) is 0 Å². The number of carbonyl (C=O) groups excluding carboxylic acids is 1. The monoisotopic (exact) mass is 391 g/mol. The summed E-state index contributed by atoms with van der Waals surface area (Å²) in [5, 5.41) is 3.85. The van der Waals surface area contributed by atoms with Crippen LogP contribution >= 0.6 is 11.8 Å². The number of amides is 1. The molecule has 5 nitrogen and oxygen atoms in total. The van der Waals surface area contributed by atoms with E-state index in [0.29, 0.717) is 16.5 Å². The fourth-order valence-corrected chi connectivity index (χ4v) is 4.56. The third kappa shape index (κ3) is 3.73. The van der Waals surface area contributed by atoms with Crippen LogP contribution in [0.5, 0.6) is 0 Å². The Balaban J connectivity index is 1.56. The maximum Gasteiger partial charge on any atom is 0.257 e. The van der Waals surface area contributed by atoms with Crippen molar-refractivity contribution in [3.8, 4) is 0 Å². The van der Waals surface area contributed by atoms with Crippen LogP contribution in [0.15, 0.2) is 76.8 Å². The number of nitrogens with one attached hydrogen (secondary N) is 1. The fraction of sp³-hybridized carbons (Fsp3) is 0.227. The lowest BCUT2D eigenvalue weighted by Crippen LogP contribution is -2.33. The maximum atomic E-state index is 12.9. The maximum absolute atomic E-state index is 12.9. The van der Waals surface area contributed by atoms with Crippen molar-refractivity contribution in [2.24, 2.45) is 0 Å². The lowest BCUT2D eigenvalue weighted by molar-refractivity contribution is -0.122. The van der Waals surface area contributed by atoms with Crippen LogP contribution in [0.2, 0.25) is 0 Å². The molecular formula is C22H21N3O2S. The zero-order valence-electron chi connectivity index (χ0n) is 15.5. The first kappa shape index (κ1) is 18.5. The lowest BCUT2D eigenvalue weighted by Gasteiger charge is -2.21. The van der Waals surface area contributed by atoms with Gasteiger partial charge in [-0.25, -0.2) is 4.98 Å². The molecule has 0 aliphatic carbocycles. The lowest BCUT2D eigenvalue weighted by atomic mass is 9.98. The Morgan fingerprint density at radius 2 is 1.75 bits per heavy atom. The molecule has 1 aliphatic rings. The molecule has 0 bridgehead atoms. The fourth-order valence-electron chi connectivity index (χ4n) is 3.45. The highest BCUT2D eigenvalue weighted by molar-refractivity contribution is 7.99. The molecule has 1 aliphatic heterocycles. The summed E-state index contributed by atoms with van der Waals surface area (Å²) in [5.41, 5.74) is 2.59. The Hall–Kier alpha value is -2.86. The van der Waals surface area contributed by atoms with Gasteiger partial charge in [0.25, 0.3) is 5.56 Å². The molecule has 1 N–H and O–H groups in total. The molecule has 4 rings (SSSR count). The van der Waals surface area contributed by atoms with E-state index < -0.39 is 0 Å². The highest BCUT2D eigenvalue weighted by Gasteiger charge is 2.28. The Kier molecular flexibility index (Phi) is 5.30. The minimum atomic E-state index is -0.226. The minimum absolute atomic E-state index is 0.0598. The van der Waals surface area contributed by atoms with Gasteiger partial charge >= 0.3 is 0 Å². The number of thioether (sulfide) groups is 1. The van der Waals surface area contributed by atoms with E-state index in [4.69, 9.17) is 0 Å². The van der Waals surface area contributed by atoms with Gasteiger partial charge in [-0.2, -0.15) is 0 Å². The molecular weight excluding hydrogens is 370 g/mol. The van der Waals surface area contributed by atoms with Crippen molar-refractivity contribution in [1.29, 1.82) is 0 Å². The molecule has 2 heterocycles. The van der Waals surface area contributed by atoms with Crippen LogP contribution in [-0.2, 0) is 4.79 Å². The van der Waals surface area contributed by atoms with E-state index in [1.54, 1.807) is 17.7 Å². The number of fused-ring (bicyclic) bond motifs is 1. The average molecular weight is 391 g/mol. The number of aryl methyl sites for hydroxylation is 1. The second kappa shape index (κ2) is 8.02. The number of benzene rings is 2. The zero-order chi connectivity index (χ0) is 19.5. The van der Waals surface area contributed by atoms with Gasteiger partial charge < -0.3 is 5.32 Å². The van der Waals surface area contributed by atoms with Crippen molar-refractivity contribution >= 4 is 17.7 Å². The van der Waals surface area contributed by atoms with E-state index in [0.717, 1.165) is 11.1 Å². The first-order valence-electron chi connectivity index (χ1n) is 9.23. The average Bonchev–Trinajstić information content (AvgIpc) is 3.13. The van der Waals surface area contributed by atoms with Crippen molar-refractivity contribution < 1.29 is 4.79 Å². The Labute approximate surface area is 167 Å². The number of carbonyl (C=O) groups is 1. The van der Waals surface area contributed by atoms with Crippen LogP contribution < -0.4 is 10.9 Å². The van der Waals surface area contributed by atoms with Crippen molar-refractivity contribution in [2.75, 3.05) is 5.75 Å². The van der Waals surface area contributed by atoms with Crippen molar-refractivity contribution in [1.82, 2.24) is 14.9 Å². The summed E-state index contributed by atoms with van der Waals surface area (Å²) in [4.78, 5) is 29.7. The van der Waals surface area contributed by atoms with Gasteiger partial charge in [0.1, 0.15) is 0 Å². The first-order chi connectivity index (χ1) is 13.6. The number of hydrogen-bond acceptors (Lipinski definition) is 4. The number of aromatic nitrogens is 2. The second-order valence-electron chi connectivity index (χ2n) is 6.89. The molecule has 0 spiro atoms. The molecule has 0 saturated carbocycles. The van der Waals surface area contributed by atoms with Gasteiger partial charge in [0.15, 0.2) is 5.16 Å². The summed E-state index contributed by atoms with van der Waals surface area (Å²) in [6.07, 6.45) is 1.85. The predicted octanol–water partition coefficient (Wildman–Crippen LogP) is 3.49. The van der Waals surface area contributed by atoms with Crippen LogP contribution in [0.1, 0.15) is 35.2 Å².